The molecule has 0 atom stereocenters. The zero-order valence-electron chi connectivity index (χ0n) is 19.4. The number of amides is 1. The first-order valence-corrected chi connectivity index (χ1v) is 12.8. The largest absolute Gasteiger partial charge is 0.505 e. The predicted molar refractivity (Wildman–Crippen MR) is 142 cm³/mol. The fourth-order valence-electron chi connectivity index (χ4n) is 3.66. The highest BCUT2D eigenvalue weighted by Gasteiger charge is 2.22. The Morgan fingerprint density at radius 1 is 1.00 bits per heavy atom. The van der Waals surface area contributed by atoms with Crippen molar-refractivity contribution in [2.45, 2.75) is 11.8 Å². The maximum Gasteiger partial charge on any atom is 0.296 e. The summed E-state index contributed by atoms with van der Waals surface area (Å²) in [7, 11) is -3.20. The molecule has 12 heteroatoms. The van der Waals surface area contributed by atoms with E-state index in [2.05, 4.69) is 15.5 Å². The van der Waals surface area contributed by atoms with Crippen LogP contribution in [0.25, 0.3) is 10.8 Å². The number of azo groups is 1. The number of hydrogen-bond acceptors (Lipinski definition) is 7. The van der Waals surface area contributed by atoms with Crippen molar-refractivity contribution < 1.29 is 27.6 Å². The van der Waals surface area contributed by atoms with Gasteiger partial charge in [0.2, 0.25) is 0 Å². The number of carbonyl (C=O) groups excluding carboxylic acids is 1. The van der Waals surface area contributed by atoms with Crippen molar-refractivity contribution in [2.75, 3.05) is 12.4 Å². The van der Waals surface area contributed by atoms with Gasteiger partial charge in [0.15, 0.2) is 11.5 Å². The molecule has 0 unspecified atom stereocenters. The van der Waals surface area contributed by atoms with Crippen LogP contribution in [0.2, 0.25) is 10.0 Å². The number of nitrogens with one attached hydrogen (secondary N) is 1. The molecule has 0 aliphatic rings. The predicted octanol–water partition coefficient (Wildman–Crippen LogP) is 7.08. The molecule has 9 nitrogen and oxygen atoms in total. The first-order valence-electron chi connectivity index (χ1n) is 10.6. The summed E-state index contributed by atoms with van der Waals surface area (Å²) < 4.78 is 38.0. The molecule has 4 aromatic carbocycles. The molecule has 4 rings (SSSR count). The van der Waals surface area contributed by atoms with Gasteiger partial charge in [0.1, 0.15) is 16.3 Å². The van der Waals surface area contributed by atoms with Crippen molar-refractivity contribution in [1.82, 2.24) is 0 Å². The van der Waals surface area contributed by atoms with Crippen LogP contribution in [0.15, 0.2) is 75.8 Å². The highest BCUT2D eigenvalue weighted by Crippen LogP contribution is 2.42. The van der Waals surface area contributed by atoms with Crippen molar-refractivity contribution in [1.29, 1.82) is 0 Å². The lowest BCUT2D eigenvalue weighted by molar-refractivity contribution is 0.102. The van der Waals surface area contributed by atoms with Gasteiger partial charge in [-0.15, -0.1) is 10.2 Å². The number of rotatable bonds is 6. The van der Waals surface area contributed by atoms with Gasteiger partial charge in [-0.05, 0) is 42.1 Å². The molecule has 0 bridgehead atoms. The normalized spacial score (nSPS) is 11.7. The third kappa shape index (κ3) is 5.23. The smallest absolute Gasteiger partial charge is 0.296 e. The molecule has 0 aliphatic heterocycles. The summed E-state index contributed by atoms with van der Waals surface area (Å²) >= 11 is 12.3. The number of halogens is 2. The second-order valence-electron chi connectivity index (χ2n) is 7.84. The van der Waals surface area contributed by atoms with E-state index >= 15 is 0 Å². The second kappa shape index (κ2) is 10.3. The number of anilines is 1. The Balaban J connectivity index is 1.84. The van der Waals surface area contributed by atoms with E-state index in [-0.39, 0.29) is 32.7 Å². The number of aromatic hydroxyl groups is 1. The zero-order chi connectivity index (χ0) is 26.9. The highest BCUT2D eigenvalue weighted by molar-refractivity contribution is 7.86. The maximum atomic E-state index is 13.2. The molecular formula is C25H19Cl2N3O6S. The van der Waals surface area contributed by atoms with Gasteiger partial charge >= 0.3 is 0 Å². The van der Waals surface area contributed by atoms with Gasteiger partial charge in [0.25, 0.3) is 16.0 Å². The van der Waals surface area contributed by atoms with E-state index in [4.69, 9.17) is 27.9 Å². The first kappa shape index (κ1) is 26.4. The van der Waals surface area contributed by atoms with Crippen LogP contribution in [0, 0.1) is 6.92 Å². The van der Waals surface area contributed by atoms with Crippen LogP contribution in [-0.4, -0.2) is 31.1 Å². The molecule has 0 spiro atoms. The van der Waals surface area contributed by atoms with Crippen molar-refractivity contribution in [3.05, 3.63) is 81.8 Å². The van der Waals surface area contributed by atoms with Crippen LogP contribution in [0.4, 0.5) is 17.1 Å². The van der Waals surface area contributed by atoms with E-state index in [1.807, 2.05) is 0 Å². The van der Waals surface area contributed by atoms with Gasteiger partial charge < -0.3 is 15.2 Å². The molecule has 0 heterocycles. The Morgan fingerprint density at radius 3 is 2.41 bits per heavy atom. The minimum atomic E-state index is -4.61. The molecular weight excluding hydrogens is 541 g/mol. The SMILES string of the molecule is COc1c(Cl)cccc1NC(=O)c1cc2ccccc2c(N=Nc2c(C)ccc(S(=O)(=O)O)c2Cl)c1O. The number of fused-ring (bicyclic) bond motifs is 1. The Hall–Kier alpha value is -3.70. The number of carbonyl (C=O) groups is 1. The van der Waals surface area contributed by atoms with Crippen molar-refractivity contribution >= 4 is 67.1 Å². The van der Waals surface area contributed by atoms with Crippen LogP contribution in [0.3, 0.4) is 0 Å². The summed E-state index contributed by atoms with van der Waals surface area (Å²) in [5.74, 6) is -0.884. The molecule has 0 aromatic heterocycles. The number of nitrogens with zero attached hydrogens (tertiary/aromatic N) is 2. The molecule has 0 saturated carbocycles. The molecule has 0 aliphatic carbocycles. The van der Waals surface area contributed by atoms with Crippen LogP contribution < -0.4 is 10.1 Å². The quantitative estimate of drug-likeness (QED) is 0.170. The first-order chi connectivity index (χ1) is 17.5. The summed E-state index contributed by atoms with van der Waals surface area (Å²) in [5.41, 5.74) is 0.573. The summed E-state index contributed by atoms with van der Waals surface area (Å²) in [6.07, 6.45) is 0. The molecule has 190 valence electrons. The van der Waals surface area contributed by atoms with E-state index in [9.17, 15) is 22.9 Å². The summed E-state index contributed by atoms with van der Waals surface area (Å²) in [6.45, 7) is 1.62. The fraction of sp³-hybridized carbons (Fsp3) is 0.0800. The fourth-order valence-corrected chi connectivity index (χ4v) is 5.02. The van der Waals surface area contributed by atoms with Gasteiger partial charge in [-0.25, -0.2) is 0 Å². The van der Waals surface area contributed by atoms with Gasteiger partial charge in [0.05, 0.1) is 28.4 Å². The minimum absolute atomic E-state index is 0.0289. The van der Waals surface area contributed by atoms with Crippen LogP contribution in [-0.2, 0) is 10.1 Å². The molecule has 3 N–H and O–H groups in total. The molecule has 0 fully saturated rings. The van der Waals surface area contributed by atoms with Crippen LogP contribution in [0.1, 0.15) is 15.9 Å². The lowest BCUT2D eigenvalue weighted by Gasteiger charge is -2.14. The number of ether oxygens (including phenoxy) is 1. The van der Waals surface area contributed by atoms with E-state index in [1.165, 1.54) is 19.2 Å². The summed E-state index contributed by atoms with van der Waals surface area (Å²) in [5, 5.41) is 23.0. The zero-order valence-corrected chi connectivity index (χ0v) is 21.7. The Morgan fingerprint density at radius 2 is 1.70 bits per heavy atom. The second-order valence-corrected chi connectivity index (χ2v) is 10.0. The van der Waals surface area contributed by atoms with E-state index in [0.717, 1.165) is 6.07 Å². The lowest BCUT2D eigenvalue weighted by atomic mass is 10.0. The number of benzene rings is 4. The molecule has 0 saturated heterocycles. The number of phenolic OH excluding ortho intramolecular Hbond substituents is 1. The van der Waals surface area contributed by atoms with Crippen molar-refractivity contribution in [3.63, 3.8) is 0 Å². The van der Waals surface area contributed by atoms with Crippen molar-refractivity contribution in [2.24, 2.45) is 10.2 Å². The van der Waals surface area contributed by atoms with Gasteiger partial charge in [-0.3, -0.25) is 9.35 Å². The Bertz CT molecular complexity index is 1690. The number of phenols is 1. The lowest BCUT2D eigenvalue weighted by Crippen LogP contribution is -2.13. The number of methoxy groups -OCH3 is 1. The standard InChI is InChI=1S/C25H19Cl2N3O6S/c1-13-10-11-19(37(33,34)35)20(27)21(13)29-30-22-15-7-4-3-6-14(15)12-16(23(22)31)25(32)28-18-9-5-8-17(26)24(18)36-2/h3-12,31H,1-2H3,(H,28,32)(H,33,34,35). The number of hydrogen-bond donors (Lipinski definition) is 3. The van der Waals surface area contributed by atoms with E-state index in [1.54, 1.807) is 49.4 Å². The molecule has 0 radical (unpaired) electrons. The molecule has 4 aromatic rings. The summed E-state index contributed by atoms with van der Waals surface area (Å²) in [4.78, 5) is 12.7. The van der Waals surface area contributed by atoms with Crippen LogP contribution in [0.5, 0.6) is 11.5 Å². The van der Waals surface area contributed by atoms with E-state index in [0.29, 0.717) is 22.0 Å². The molecule has 37 heavy (non-hydrogen) atoms. The summed E-state index contributed by atoms with van der Waals surface area (Å²) in [6, 6.07) is 15.7. The Kier molecular flexibility index (Phi) is 7.37. The van der Waals surface area contributed by atoms with Crippen LogP contribution >= 0.6 is 23.2 Å². The van der Waals surface area contributed by atoms with Crippen molar-refractivity contribution in [3.8, 4) is 11.5 Å². The van der Waals surface area contributed by atoms with Gasteiger partial charge in [0, 0.05) is 5.39 Å². The average molecular weight is 560 g/mol. The van der Waals surface area contributed by atoms with Gasteiger partial charge in [-0.1, -0.05) is 59.6 Å². The number of aryl methyl sites for hydroxylation is 1. The molecule has 1 amide bonds. The topological polar surface area (TPSA) is 138 Å². The minimum Gasteiger partial charge on any atom is -0.505 e. The highest BCUT2D eigenvalue weighted by atomic mass is 35.5. The van der Waals surface area contributed by atoms with Gasteiger partial charge in [-0.2, -0.15) is 8.42 Å². The third-order valence-corrected chi connectivity index (χ3v) is 7.16. The monoisotopic (exact) mass is 559 g/mol. The average Bonchev–Trinajstić information content (AvgIpc) is 2.84. The Labute approximate surface area is 222 Å². The maximum absolute atomic E-state index is 13.2. The van der Waals surface area contributed by atoms with E-state index < -0.39 is 26.7 Å². The number of para-hydroxylation sites is 1. The third-order valence-electron chi connectivity index (χ3n) is 5.47.